The van der Waals surface area contributed by atoms with Gasteiger partial charge in [0.1, 0.15) is 11.1 Å². The quantitative estimate of drug-likeness (QED) is 0.807. The van der Waals surface area contributed by atoms with Crippen LogP contribution in [0.15, 0.2) is 6.20 Å². The fraction of sp³-hybridized carbons (Fsp3) is 0.700. The van der Waals surface area contributed by atoms with Crippen LogP contribution in [-0.4, -0.2) is 39.3 Å². The van der Waals surface area contributed by atoms with Crippen LogP contribution in [-0.2, 0) is 21.5 Å². The van der Waals surface area contributed by atoms with Crippen molar-refractivity contribution in [2.24, 2.45) is 0 Å². The number of aromatic nitrogens is 3. The zero-order valence-corrected chi connectivity index (χ0v) is 9.22. The van der Waals surface area contributed by atoms with Crippen molar-refractivity contribution < 1.29 is 14.6 Å². The van der Waals surface area contributed by atoms with Gasteiger partial charge in [-0.15, -0.1) is 5.10 Å². The van der Waals surface area contributed by atoms with Gasteiger partial charge in [-0.25, -0.2) is 0 Å². The lowest BCUT2D eigenvalue weighted by molar-refractivity contribution is -0.148. The second-order valence-electron chi connectivity index (χ2n) is 3.96. The van der Waals surface area contributed by atoms with E-state index in [0.29, 0.717) is 38.3 Å². The molecular weight excluding hydrogens is 210 g/mol. The van der Waals surface area contributed by atoms with Crippen LogP contribution in [0.2, 0.25) is 0 Å². The Morgan fingerprint density at radius 2 is 2.31 bits per heavy atom. The zero-order valence-electron chi connectivity index (χ0n) is 9.22. The van der Waals surface area contributed by atoms with Crippen molar-refractivity contribution in [1.82, 2.24) is 15.0 Å². The van der Waals surface area contributed by atoms with Crippen LogP contribution in [0.4, 0.5) is 0 Å². The van der Waals surface area contributed by atoms with Gasteiger partial charge < -0.3 is 9.84 Å². The van der Waals surface area contributed by atoms with Gasteiger partial charge in [0, 0.05) is 26.0 Å². The predicted octanol–water partition coefficient (Wildman–Crippen LogP) is 0.431. The zero-order chi connectivity index (χ0) is 11.6. The van der Waals surface area contributed by atoms with E-state index in [1.165, 1.54) is 0 Å². The highest BCUT2D eigenvalue weighted by atomic mass is 16.5. The molecule has 16 heavy (non-hydrogen) atoms. The van der Waals surface area contributed by atoms with Gasteiger partial charge >= 0.3 is 5.97 Å². The number of carbonyl (C=O) groups is 1. The van der Waals surface area contributed by atoms with Crippen molar-refractivity contribution in [2.75, 3.05) is 13.2 Å². The summed E-state index contributed by atoms with van der Waals surface area (Å²) in [6.45, 7) is 3.56. The van der Waals surface area contributed by atoms with Crippen LogP contribution in [0.3, 0.4) is 0 Å². The monoisotopic (exact) mass is 225 g/mol. The van der Waals surface area contributed by atoms with Crippen molar-refractivity contribution >= 4 is 5.97 Å². The van der Waals surface area contributed by atoms with E-state index in [2.05, 4.69) is 10.3 Å². The van der Waals surface area contributed by atoms with E-state index in [0.717, 1.165) is 0 Å². The van der Waals surface area contributed by atoms with Gasteiger partial charge in [0.15, 0.2) is 0 Å². The molecule has 0 aromatic carbocycles. The topological polar surface area (TPSA) is 77.2 Å². The number of aliphatic carboxylic acids is 1. The summed E-state index contributed by atoms with van der Waals surface area (Å²) in [6, 6.07) is 0. The first-order valence-corrected chi connectivity index (χ1v) is 5.41. The highest BCUT2D eigenvalue weighted by molar-refractivity contribution is 5.80. The Bertz CT molecular complexity index is 382. The number of hydrogen-bond donors (Lipinski definition) is 1. The minimum atomic E-state index is -0.911. The van der Waals surface area contributed by atoms with Gasteiger partial charge in [-0.2, -0.15) is 0 Å². The molecule has 0 bridgehead atoms. The van der Waals surface area contributed by atoms with Crippen LogP contribution in [0.25, 0.3) is 0 Å². The molecule has 1 saturated heterocycles. The molecule has 0 saturated carbocycles. The first-order chi connectivity index (χ1) is 7.69. The lowest BCUT2D eigenvalue weighted by atomic mass is 9.78. The SMILES string of the molecule is CCn1cc(C2(C(=O)O)CCOCC2)nn1. The number of hydrogen-bond acceptors (Lipinski definition) is 4. The van der Waals surface area contributed by atoms with E-state index in [-0.39, 0.29) is 0 Å². The fourth-order valence-electron chi connectivity index (χ4n) is 1.97. The molecule has 2 rings (SSSR count). The molecule has 0 radical (unpaired) electrons. The minimum absolute atomic E-state index is 0.463. The number of rotatable bonds is 3. The third-order valence-corrected chi connectivity index (χ3v) is 3.11. The molecule has 1 N–H and O–H groups in total. The molecule has 6 heteroatoms. The van der Waals surface area contributed by atoms with Gasteiger partial charge in [-0.1, -0.05) is 5.21 Å². The van der Waals surface area contributed by atoms with Crippen LogP contribution in [0.1, 0.15) is 25.5 Å². The Morgan fingerprint density at radius 1 is 1.62 bits per heavy atom. The summed E-state index contributed by atoms with van der Waals surface area (Å²) < 4.78 is 6.86. The summed E-state index contributed by atoms with van der Waals surface area (Å²) >= 11 is 0. The molecule has 0 amide bonds. The molecule has 1 fully saturated rings. The summed E-state index contributed by atoms with van der Waals surface area (Å²) in [5, 5.41) is 17.3. The first-order valence-electron chi connectivity index (χ1n) is 5.41. The maximum absolute atomic E-state index is 11.4. The van der Waals surface area contributed by atoms with E-state index in [4.69, 9.17) is 4.74 Å². The maximum Gasteiger partial charge on any atom is 0.316 e. The molecule has 1 aliphatic heterocycles. The van der Waals surface area contributed by atoms with Crippen molar-refractivity contribution in [2.45, 2.75) is 31.7 Å². The molecule has 6 nitrogen and oxygen atoms in total. The molecule has 0 unspecified atom stereocenters. The Morgan fingerprint density at radius 3 is 2.81 bits per heavy atom. The van der Waals surface area contributed by atoms with Crippen LogP contribution >= 0.6 is 0 Å². The number of nitrogens with zero attached hydrogens (tertiary/aromatic N) is 3. The van der Waals surface area contributed by atoms with E-state index in [1.807, 2.05) is 6.92 Å². The molecule has 0 atom stereocenters. The highest BCUT2D eigenvalue weighted by Gasteiger charge is 2.44. The molecule has 88 valence electrons. The minimum Gasteiger partial charge on any atom is -0.481 e. The van der Waals surface area contributed by atoms with Gasteiger partial charge in [-0.3, -0.25) is 9.48 Å². The Hall–Kier alpha value is -1.43. The molecule has 0 spiro atoms. The van der Waals surface area contributed by atoms with Gasteiger partial charge in [0.2, 0.25) is 0 Å². The molecule has 2 heterocycles. The number of carboxylic acids is 1. The summed E-state index contributed by atoms with van der Waals surface area (Å²) in [4.78, 5) is 11.4. The Kier molecular flexibility index (Phi) is 2.91. The highest BCUT2D eigenvalue weighted by Crippen LogP contribution is 2.33. The predicted molar refractivity (Wildman–Crippen MR) is 55.1 cm³/mol. The van der Waals surface area contributed by atoms with E-state index >= 15 is 0 Å². The second-order valence-corrected chi connectivity index (χ2v) is 3.96. The third-order valence-electron chi connectivity index (χ3n) is 3.11. The maximum atomic E-state index is 11.4. The lowest BCUT2D eigenvalue weighted by Crippen LogP contribution is -2.41. The molecule has 0 aliphatic carbocycles. The molecule has 1 aromatic heterocycles. The average molecular weight is 225 g/mol. The van der Waals surface area contributed by atoms with Gasteiger partial charge in [0.05, 0.1) is 0 Å². The summed E-state index contributed by atoms with van der Waals surface area (Å²) in [5.41, 5.74) is -0.365. The van der Waals surface area contributed by atoms with Crippen molar-refractivity contribution in [1.29, 1.82) is 0 Å². The van der Waals surface area contributed by atoms with Crippen LogP contribution in [0.5, 0.6) is 0 Å². The van der Waals surface area contributed by atoms with E-state index < -0.39 is 11.4 Å². The number of ether oxygens (including phenoxy) is 1. The summed E-state index contributed by atoms with van der Waals surface area (Å²) in [6.07, 6.45) is 2.65. The largest absolute Gasteiger partial charge is 0.481 e. The van der Waals surface area contributed by atoms with Crippen LogP contribution < -0.4 is 0 Å². The van der Waals surface area contributed by atoms with Crippen molar-refractivity contribution in [3.63, 3.8) is 0 Å². The molecule has 1 aromatic rings. The van der Waals surface area contributed by atoms with Crippen molar-refractivity contribution in [3.8, 4) is 0 Å². The lowest BCUT2D eigenvalue weighted by Gasteiger charge is -2.30. The normalized spacial score (nSPS) is 19.6. The summed E-state index contributed by atoms with van der Waals surface area (Å²) in [7, 11) is 0. The third kappa shape index (κ3) is 1.69. The fourth-order valence-corrected chi connectivity index (χ4v) is 1.97. The number of carboxylic acid groups (broad SMARTS) is 1. The smallest absolute Gasteiger partial charge is 0.316 e. The van der Waals surface area contributed by atoms with Gasteiger partial charge in [0.25, 0.3) is 0 Å². The molecular formula is C10H15N3O3. The number of aryl methyl sites for hydroxylation is 1. The average Bonchev–Trinajstić information content (AvgIpc) is 2.78. The van der Waals surface area contributed by atoms with Gasteiger partial charge in [-0.05, 0) is 19.8 Å². The van der Waals surface area contributed by atoms with E-state index in [9.17, 15) is 9.90 Å². The standard InChI is InChI=1S/C10H15N3O3/c1-2-13-7-8(11-12-13)10(9(14)15)3-5-16-6-4-10/h7H,2-6H2,1H3,(H,14,15). The van der Waals surface area contributed by atoms with Crippen molar-refractivity contribution in [3.05, 3.63) is 11.9 Å². The van der Waals surface area contributed by atoms with E-state index in [1.54, 1.807) is 10.9 Å². The first kappa shape index (κ1) is 11.1. The van der Waals surface area contributed by atoms with Crippen LogP contribution in [0, 0.1) is 0 Å². The Balaban J connectivity index is 2.34. The summed E-state index contributed by atoms with van der Waals surface area (Å²) in [5.74, 6) is -0.834. The Labute approximate surface area is 93.2 Å². The second kappa shape index (κ2) is 4.21. The molecule has 1 aliphatic rings.